The van der Waals surface area contributed by atoms with Gasteiger partial charge in [-0.25, -0.2) is 0 Å². The molecule has 1 unspecified atom stereocenters. The van der Waals surface area contributed by atoms with Gasteiger partial charge in [-0.05, 0) is 36.0 Å². The Balaban J connectivity index is 1.78. The van der Waals surface area contributed by atoms with Crippen molar-refractivity contribution in [3.05, 3.63) is 29.3 Å². The molecule has 3 heteroatoms. The Morgan fingerprint density at radius 2 is 2.16 bits per heavy atom. The van der Waals surface area contributed by atoms with Gasteiger partial charge in [0.05, 0.1) is 0 Å². The molecular formula is C16H20BrNO. The summed E-state index contributed by atoms with van der Waals surface area (Å²) in [6.07, 6.45) is 6.96. The minimum atomic E-state index is 0.227. The molecule has 1 aliphatic heterocycles. The van der Waals surface area contributed by atoms with Gasteiger partial charge in [-0.2, -0.15) is 0 Å². The average Bonchev–Trinajstić information content (AvgIpc) is 2.37. The first-order valence-corrected chi connectivity index (χ1v) is 8.10. The number of carbonyl (C=O) groups is 1. The number of halogens is 1. The fraction of sp³-hybridized carbons (Fsp3) is 0.562. The fourth-order valence-electron chi connectivity index (χ4n) is 3.03. The van der Waals surface area contributed by atoms with Crippen LogP contribution in [0, 0.1) is 5.92 Å². The summed E-state index contributed by atoms with van der Waals surface area (Å²) in [4.78, 5) is 13.9. The lowest BCUT2D eigenvalue weighted by atomic mass is 9.81. The van der Waals surface area contributed by atoms with Crippen LogP contribution in [-0.4, -0.2) is 13.0 Å². The Hall–Kier alpha value is -0.830. The maximum Gasteiger partial charge on any atom is 0.227 e. The van der Waals surface area contributed by atoms with Gasteiger partial charge in [0, 0.05) is 24.0 Å². The van der Waals surface area contributed by atoms with Crippen molar-refractivity contribution in [2.45, 2.75) is 43.4 Å². The summed E-state index contributed by atoms with van der Waals surface area (Å²) in [7, 11) is 1.87. The standard InChI is InChI=1S/C16H20BrNO/c1-18-15-7-5-12(10-13(15)6-8-16(18)19)14(17)9-11-3-2-4-11/h5,7,10-11,14H,2-4,6,8-9H2,1H3. The molecule has 3 rings (SSSR count). The van der Waals surface area contributed by atoms with Gasteiger partial charge >= 0.3 is 0 Å². The lowest BCUT2D eigenvalue weighted by Crippen LogP contribution is -2.31. The second kappa shape index (κ2) is 5.28. The number of hydrogen-bond donors (Lipinski definition) is 0. The predicted octanol–water partition coefficient (Wildman–Crippen LogP) is 4.22. The molecule has 2 nitrogen and oxygen atoms in total. The van der Waals surface area contributed by atoms with E-state index in [1.54, 1.807) is 4.90 Å². The summed E-state index contributed by atoms with van der Waals surface area (Å²) in [5.41, 5.74) is 3.77. The number of rotatable bonds is 3. The van der Waals surface area contributed by atoms with Crippen LogP contribution in [-0.2, 0) is 11.2 Å². The quantitative estimate of drug-likeness (QED) is 0.763. The smallest absolute Gasteiger partial charge is 0.227 e. The highest BCUT2D eigenvalue weighted by atomic mass is 79.9. The molecule has 1 aromatic carbocycles. The second-order valence-electron chi connectivity index (χ2n) is 5.84. The first-order valence-electron chi connectivity index (χ1n) is 7.18. The van der Waals surface area contributed by atoms with Crippen molar-refractivity contribution in [2.24, 2.45) is 5.92 Å². The van der Waals surface area contributed by atoms with E-state index in [2.05, 4.69) is 34.1 Å². The Morgan fingerprint density at radius 3 is 2.84 bits per heavy atom. The SMILES string of the molecule is CN1C(=O)CCc2cc(C(Br)CC3CCC3)ccc21. The van der Waals surface area contributed by atoms with Crippen molar-refractivity contribution in [1.29, 1.82) is 0 Å². The molecule has 19 heavy (non-hydrogen) atoms. The highest BCUT2D eigenvalue weighted by Crippen LogP contribution is 2.40. The monoisotopic (exact) mass is 321 g/mol. The van der Waals surface area contributed by atoms with Crippen molar-refractivity contribution < 1.29 is 4.79 Å². The van der Waals surface area contributed by atoms with Crippen molar-refractivity contribution in [2.75, 3.05) is 11.9 Å². The van der Waals surface area contributed by atoms with E-state index in [9.17, 15) is 4.79 Å². The van der Waals surface area contributed by atoms with E-state index in [1.165, 1.54) is 36.8 Å². The molecule has 0 saturated heterocycles. The molecule has 2 aliphatic rings. The Labute approximate surface area is 123 Å². The van der Waals surface area contributed by atoms with Crippen molar-refractivity contribution in [1.82, 2.24) is 0 Å². The molecule has 1 heterocycles. The lowest BCUT2D eigenvalue weighted by Gasteiger charge is -2.29. The number of alkyl halides is 1. The highest BCUT2D eigenvalue weighted by Gasteiger charge is 2.24. The summed E-state index contributed by atoms with van der Waals surface area (Å²) in [6.45, 7) is 0. The van der Waals surface area contributed by atoms with Gasteiger partial charge in [0.25, 0.3) is 0 Å². The zero-order valence-corrected chi connectivity index (χ0v) is 12.9. The number of hydrogen-bond acceptors (Lipinski definition) is 1. The molecule has 1 aliphatic carbocycles. The third-order valence-corrected chi connectivity index (χ3v) is 5.48. The zero-order valence-electron chi connectivity index (χ0n) is 11.4. The van der Waals surface area contributed by atoms with Crippen LogP contribution < -0.4 is 4.90 Å². The molecular weight excluding hydrogens is 302 g/mol. The van der Waals surface area contributed by atoms with Crippen LogP contribution in [0.2, 0.25) is 0 Å². The minimum Gasteiger partial charge on any atom is -0.315 e. The molecule has 1 saturated carbocycles. The van der Waals surface area contributed by atoms with E-state index >= 15 is 0 Å². The lowest BCUT2D eigenvalue weighted by molar-refractivity contribution is -0.118. The number of fused-ring (bicyclic) bond motifs is 1. The van der Waals surface area contributed by atoms with E-state index < -0.39 is 0 Å². The van der Waals surface area contributed by atoms with Gasteiger partial charge in [-0.1, -0.05) is 47.3 Å². The topological polar surface area (TPSA) is 20.3 Å². The van der Waals surface area contributed by atoms with E-state index in [-0.39, 0.29) is 5.91 Å². The first kappa shape index (κ1) is 13.2. The van der Waals surface area contributed by atoms with Crippen LogP contribution >= 0.6 is 15.9 Å². The van der Waals surface area contributed by atoms with Crippen molar-refractivity contribution in [3.8, 4) is 0 Å². The molecule has 0 radical (unpaired) electrons. The first-order chi connectivity index (χ1) is 9.15. The third-order valence-electron chi connectivity index (χ3n) is 4.57. The number of nitrogens with zero attached hydrogens (tertiary/aromatic N) is 1. The Bertz CT molecular complexity index is 496. The van der Waals surface area contributed by atoms with Crippen LogP contribution in [0.25, 0.3) is 0 Å². The summed E-state index contributed by atoms with van der Waals surface area (Å²) in [6, 6.07) is 6.57. The predicted molar refractivity (Wildman–Crippen MR) is 81.8 cm³/mol. The summed E-state index contributed by atoms with van der Waals surface area (Å²) in [5, 5.41) is 0. The summed E-state index contributed by atoms with van der Waals surface area (Å²) >= 11 is 3.84. The van der Waals surface area contributed by atoms with Crippen molar-refractivity contribution in [3.63, 3.8) is 0 Å². The van der Waals surface area contributed by atoms with Gasteiger partial charge in [0.1, 0.15) is 0 Å². The Morgan fingerprint density at radius 1 is 1.37 bits per heavy atom. The molecule has 1 aromatic rings. The number of benzene rings is 1. The maximum atomic E-state index is 11.7. The van der Waals surface area contributed by atoms with E-state index in [0.717, 1.165) is 18.0 Å². The Kier molecular flexibility index (Phi) is 3.66. The van der Waals surface area contributed by atoms with Gasteiger partial charge < -0.3 is 4.90 Å². The maximum absolute atomic E-state index is 11.7. The van der Waals surface area contributed by atoms with E-state index in [0.29, 0.717) is 11.2 Å². The fourth-order valence-corrected chi connectivity index (χ4v) is 3.84. The van der Waals surface area contributed by atoms with Gasteiger partial charge in [0.15, 0.2) is 0 Å². The van der Waals surface area contributed by atoms with E-state index in [1.807, 2.05) is 7.05 Å². The zero-order chi connectivity index (χ0) is 13.4. The van der Waals surface area contributed by atoms with E-state index in [4.69, 9.17) is 0 Å². The van der Waals surface area contributed by atoms with Gasteiger partial charge in [0.2, 0.25) is 5.91 Å². The number of aryl methyl sites for hydroxylation is 1. The van der Waals surface area contributed by atoms with Crippen LogP contribution in [0.15, 0.2) is 18.2 Å². The number of anilines is 1. The average molecular weight is 322 g/mol. The van der Waals surface area contributed by atoms with Gasteiger partial charge in [-0.15, -0.1) is 0 Å². The molecule has 0 bridgehead atoms. The third kappa shape index (κ3) is 2.58. The largest absolute Gasteiger partial charge is 0.315 e. The molecule has 1 amide bonds. The van der Waals surface area contributed by atoms with Crippen LogP contribution in [0.5, 0.6) is 0 Å². The van der Waals surface area contributed by atoms with Crippen LogP contribution in [0.3, 0.4) is 0 Å². The molecule has 1 atom stereocenters. The molecule has 0 aromatic heterocycles. The molecule has 1 fully saturated rings. The summed E-state index contributed by atoms with van der Waals surface area (Å²) < 4.78 is 0. The number of carbonyl (C=O) groups excluding carboxylic acids is 1. The normalized spacial score (nSPS) is 20.9. The van der Waals surface area contributed by atoms with Crippen molar-refractivity contribution >= 4 is 27.5 Å². The minimum absolute atomic E-state index is 0.227. The number of amides is 1. The second-order valence-corrected chi connectivity index (χ2v) is 6.95. The molecule has 0 spiro atoms. The van der Waals surface area contributed by atoms with Crippen LogP contribution in [0.1, 0.15) is 48.1 Å². The van der Waals surface area contributed by atoms with Crippen LogP contribution in [0.4, 0.5) is 5.69 Å². The highest BCUT2D eigenvalue weighted by molar-refractivity contribution is 9.09. The van der Waals surface area contributed by atoms with Gasteiger partial charge in [-0.3, -0.25) is 4.79 Å². The molecule has 102 valence electrons. The molecule has 0 N–H and O–H groups in total. The summed E-state index contributed by atoms with van der Waals surface area (Å²) in [5.74, 6) is 1.13.